The minimum atomic E-state index is 0.444. The van der Waals surface area contributed by atoms with Gasteiger partial charge in [0.25, 0.3) is 0 Å². The molecule has 0 saturated heterocycles. The fourth-order valence-corrected chi connectivity index (χ4v) is 2.18. The lowest BCUT2D eigenvalue weighted by Crippen LogP contribution is -2.33. The number of nitrogens with zero attached hydrogens (tertiary/aromatic N) is 2. The zero-order chi connectivity index (χ0) is 14.1. The first-order chi connectivity index (χ1) is 9.15. The van der Waals surface area contributed by atoms with Gasteiger partial charge in [0.15, 0.2) is 5.82 Å². The molecule has 4 heteroatoms. The number of unbranched alkanes of at least 4 members (excludes halogenated alkanes) is 1. The van der Waals surface area contributed by atoms with Gasteiger partial charge in [-0.25, -0.2) is 0 Å². The fourth-order valence-electron chi connectivity index (χ4n) is 2.18. The van der Waals surface area contributed by atoms with Crippen molar-refractivity contribution >= 4 is 0 Å². The second kappa shape index (κ2) is 9.08. The molecule has 1 rings (SSSR count). The van der Waals surface area contributed by atoms with Crippen molar-refractivity contribution in [2.24, 2.45) is 5.92 Å². The highest BCUT2D eigenvalue weighted by atomic mass is 16.5. The Labute approximate surface area is 117 Å². The summed E-state index contributed by atoms with van der Waals surface area (Å²) in [4.78, 5) is 4.49. The van der Waals surface area contributed by atoms with Crippen LogP contribution in [-0.2, 0) is 12.8 Å². The smallest absolute Gasteiger partial charge is 0.228 e. The fraction of sp³-hybridized carbons (Fsp3) is 0.867. The van der Waals surface area contributed by atoms with E-state index >= 15 is 0 Å². The molecule has 1 aromatic heterocycles. The van der Waals surface area contributed by atoms with Gasteiger partial charge in [-0.1, -0.05) is 39.3 Å². The van der Waals surface area contributed by atoms with E-state index in [1.54, 1.807) is 0 Å². The van der Waals surface area contributed by atoms with Crippen LogP contribution < -0.4 is 5.32 Å². The van der Waals surface area contributed by atoms with Crippen molar-refractivity contribution in [2.75, 3.05) is 6.54 Å². The zero-order valence-corrected chi connectivity index (χ0v) is 12.9. The molecule has 0 saturated carbocycles. The van der Waals surface area contributed by atoms with E-state index in [1.807, 2.05) is 0 Å². The highest BCUT2D eigenvalue weighted by molar-refractivity contribution is 4.90. The number of hydrogen-bond acceptors (Lipinski definition) is 4. The summed E-state index contributed by atoms with van der Waals surface area (Å²) in [6, 6.07) is 0.444. The molecule has 0 bridgehead atoms. The van der Waals surface area contributed by atoms with E-state index in [9.17, 15) is 0 Å². The van der Waals surface area contributed by atoms with Crippen LogP contribution in [-0.4, -0.2) is 22.7 Å². The number of hydrogen-bond donors (Lipinski definition) is 1. The Morgan fingerprint density at radius 1 is 1.21 bits per heavy atom. The van der Waals surface area contributed by atoms with E-state index in [1.165, 1.54) is 0 Å². The summed E-state index contributed by atoms with van der Waals surface area (Å²) in [7, 11) is 0. The summed E-state index contributed by atoms with van der Waals surface area (Å²) in [5.41, 5.74) is 0. The highest BCUT2D eigenvalue weighted by Gasteiger charge is 2.15. The van der Waals surface area contributed by atoms with Crippen LogP contribution in [0.25, 0.3) is 0 Å². The van der Waals surface area contributed by atoms with E-state index in [4.69, 9.17) is 4.52 Å². The van der Waals surface area contributed by atoms with Crippen LogP contribution in [0.4, 0.5) is 0 Å². The van der Waals surface area contributed by atoms with Gasteiger partial charge in [0, 0.05) is 18.9 Å². The van der Waals surface area contributed by atoms with Crippen molar-refractivity contribution in [3.63, 3.8) is 0 Å². The third-order valence-electron chi connectivity index (χ3n) is 3.12. The van der Waals surface area contributed by atoms with Crippen molar-refractivity contribution in [3.05, 3.63) is 11.7 Å². The molecule has 0 aliphatic rings. The second-order valence-corrected chi connectivity index (χ2v) is 5.69. The summed E-state index contributed by atoms with van der Waals surface area (Å²) in [5, 5.41) is 7.63. The van der Waals surface area contributed by atoms with Crippen LogP contribution in [0, 0.1) is 5.92 Å². The Hall–Kier alpha value is -0.900. The van der Waals surface area contributed by atoms with Crippen molar-refractivity contribution in [2.45, 2.75) is 72.3 Å². The topological polar surface area (TPSA) is 51.0 Å². The first-order valence-corrected chi connectivity index (χ1v) is 7.70. The van der Waals surface area contributed by atoms with Crippen LogP contribution in [0.1, 0.15) is 65.1 Å². The molecule has 0 fully saturated rings. The van der Waals surface area contributed by atoms with Crippen LogP contribution in [0.5, 0.6) is 0 Å². The molecule has 1 unspecified atom stereocenters. The maximum absolute atomic E-state index is 5.35. The molecule has 0 aromatic carbocycles. The molecular formula is C15H29N3O. The van der Waals surface area contributed by atoms with E-state index in [0.29, 0.717) is 12.0 Å². The third-order valence-corrected chi connectivity index (χ3v) is 3.12. The Morgan fingerprint density at radius 2 is 2.00 bits per heavy atom. The molecule has 1 atom stereocenters. The number of rotatable bonds is 10. The van der Waals surface area contributed by atoms with E-state index in [-0.39, 0.29) is 0 Å². The van der Waals surface area contributed by atoms with Gasteiger partial charge in [-0.2, -0.15) is 4.98 Å². The average Bonchev–Trinajstić information content (AvgIpc) is 2.80. The molecule has 0 amide bonds. The molecular weight excluding hydrogens is 238 g/mol. The van der Waals surface area contributed by atoms with E-state index in [0.717, 1.165) is 56.8 Å². The van der Waals surface area contributed by atoms with Gasteiger partial charge in [-0.05, 0) is 31.7 Å². The molecule has 0 radical (unpaired) electrons. The Balaban J connectivity index is 2.49. The molecule has 0 spiro atoms. The molecule has 19 heavy (non-hydrogen) atoms. The lowest BCUT2D eigenvalue weighted by Gasteiger charge is -2.18. The van der Waals surface area contributed by atoms with Crippen molar-refractivity contribution in [1.82, 2.24) is 15.5 Å². The lowest BCUT2D eigenvalue weighted by molar-refractivity contribution is 0.335. The second-order valence-electron chi connectivity index (χ2n) is 5.69. The highest BCUT2D eigenvalue weighted by Crippen LogP contribution is 2.11. The summed E-state index contributed by atoms with van der Waals surface area (Å²) >= 11 is 0. The predicted molar refractivity (Wildman–Crippen MR) is 78.2 cm³/mol. The molecule has 1 heterocycles. The van der Waals surface area contributed by atoms with E-state index < -0.39 is 0 Å². The van der Waals surface area contributed by atoms with Gasteiger partial charge < -0.3 is 9.84 Å². The van der Waals surface area contributed by atoms with Crippen LogP contribution in [0.15, 0.2) is 4.52 Å². The quantitative estimate of drug-likeness (QED) is 0.706. The first-order valence-electron chi connectivity index (χ1n) is 7.70. The standard InChI is InChI=1S/C15H29N3O/c1-5-7-8-14-17-15(19-18-14)11-13(10-12(3)4)16-9-6-2/h12-13,16H,5-11H2,1-4H3. The largest absolute Gasteiger partial charge is 0.339 e. The van der Waals surface area contributed by atoms with Gasteiger partial charge in [0.1, 0.15) is 0 Å². The minimum absolute atomic E-state index is 0.444. The molecule has 0 aliphatic carbocycles. The van der Waals surface area contributed by atoms with Crippen LogP contribution in [0.2, 0.25) is 0 Å². The van der Waals surface area contributed by atoms with Crippen molar-refractivity contribution in [3.8, 4) is 0 Å². The maximum Gasteiger partial charge on any atom is 0.228 e. The summed E-state index contributed by atoms with van der Waals surface area (Å²) < 4.78 is 5.35. The normalized spacial score (nSPS) is 13.1. The van der Waals surface area contributed by atoms with Gasteiger partial charge >= 0.3 is 0 Å². The summed E-state index contributed by atoms with van der Waals surface area (Å²) in [6.07, 6.45) is 6.36. The van der Waals surface area contributed by atoms with Gasteiger partial charge in [0.05, 0.1) is 0 Å². The summed E-state index contributed by atoms with van der Waals surface area (Å²) in [5.74, 6) is 2.31. The molecule has 1 N–H and O–H groups in total. The van der Waals surface area contributed by atoms with Crippen LogP contribution in [0.3, 0.4) is 0 Å². The van der Waals surface area contributed by atoms with E-state index in [2.05, 4.69) is 43.2 Å². The monoisotopic (exact) mass is 267 g/mol. The molecule has 1 aromatic rings. The van der Waals surface area contributed by atoms with Gasteiger partial charge in [0.2, 0.25) is 5.89 Å². The van der Waals surface area contributed by atoms with Gasteiger partial charge in [-0.3, -0.25) is 0 Å². The van der Waals surface area contributed by atoms with Gasteiger partial charge in [-0.15, -0.1) is 0 Å². The first kappa shape index (κ1) is 16.2. The lowest BCUT2D eigenvalue weighted by atomic mass is 10.0. The molecule has 0 aliphatic heterocycles. The molecule has 4 nitrogen and oxygen atoms in total. The van der Waals surface area contributed by atoms with Crippen molar-refractivity contribution < 1.29 is 4.52 Å². The number of aryl methyl sites for hydroxylation is 1. The SMILES string of the molecule is CCCCc1noc(CC(CC(C)C)NCCC)n1. The van der Waals surface area contributed by atoms with Crippen LogP contribution >= 0.6 is 0 Å². The minimum Gasteiger partial charge on any atom is -0.339 e. The Morgan fingerprint density at radius 3 is 2.63 bits per heavy atom. The van der Waals surface area contributed by atoms with Crippen molar-refractivity contribution in [1.29, 1.82) is 0 Å². The number of aromatic nitrogens is 2. The average molecular weight is 267 g/mol. The Bertz CT molecular complexity index is 336. The Kier molecular flexibility index (Phi) is 7.72. The maximum atomic E-state index is 5.35. The summed E-state index contributed by atoms with van der Waals surface area (Å²) in [6.45, 7) is 9.92. The third kappa shape index (κ3) is 6.71. The molecule has 110 valence electrons. The number of nitrogens with one attached hydrogen (secondary N) is 1. The zero-order valence-electron chi connectivity index (χ0n) is 12.9. The predicted octanol–water partition coefficient (Wildman–Crippen LogP) is 3.37.